The number of hydrogen-bond donors (Lipinski definition) is 0. The maximum absolute atomic E-state index is 11.9. The van der Waals surface area contributed by atoms with Crippen LogP contribution in [-0.2, 0) is 4.74 Å². The van der Waals surface area contributed by atoms with Gasteiger partial charge in [-0.15, -0.1) is 0 Å². The van der Waals surface area contributed by atoms with Gasteiger partial charge in [-0.2, -0.15) is 11.3 Å². The van der Waals surface area contributed by atoms with Crippen LogP contribution >= 0.6 is 11.3 Å². The van der Waals surface area contributed by atoms with Crippen LogP contribution in [0, 0.1) is 6.92 Å². The summed E-state index contributed by atoms with van der Waals surface area (Å²) in [5.41, 5.74) is 2.69. The molecule has 0 amide bonds. The van der Waals surface area contributed by atoms with Crippen LogP contribution in [0.2, 0.25) is 0 Å². The molecule has 14 heavy (non-hydrogen) atoms. The molecule has 0 fully saturated rings. The van der Waals surface area contributed by atoms with Crippen LogP contribution in [0.5, 0.6) is 0 Å². The first kappa shape index (κ1) is 9.46. The first-order valence-corrected chi connectivity index (χ1v) is 5.61. The zero-order valence-electron chi connectivity index (χ0n) is 8.08. The smallest absolute Gasteiger partial charge is 0.193 e. The van der Waals surface area contributed by atoms with Gasteiger partial charge in [-0.05, 0) is 30.7 Å². The van der Waals surface area contributed by atoms with Gasteiger partial charge in [0.25, 0.3) is 0 Å². The van der Waals surface area contributed by atoms with E-state index < -0.39 is 0 Å². The van der Waals surface area contributed by atoms with E-state index in [9.17, 15) is 4.79 Å². The largest absolute Gasteiger partial charge is 0.501 e. The second-order valence-electron chi connectivity index (χ2n) is 3.42. The molecule has 3 heteroatoms. The van der Waals surface area contributed by atoms with Crippen molar-refractivity contribution < 1.29 is 9.53 Å². The maximum atomic E-state index is 11.9. The lowest BCUT2D eigenvalue weighted by Crippen LogP contribution is -2.09. The monoisotopic (exact) mass is 208 g/mol. The van der Waals surface area contributed by atoms with Crippen LogP contribution < -0.4 is 0 Å². The molecule has 0 unspecified atom stereocenters. The summed E-state index contributed by atoms with van der Waals surface area (Å²) in [6.07, 6.45) is 3.40. The highest BCUT2D eigenvalue weighted by molar-refractivity contribution is 7.08. The second kappa shape index (κ2) is 3.96. The molecular weight excluding hydrogens is 196 g/mol. The second-order valence-corrected chi connectivity index (χ2v) is 4.16. The van der Waals surface area contributed by atoms with Crippen LogP contribution in [0.4, 0.5) is 0 Å². The minimum Gasteiger partial charge on any atom is -0.501 e. The third-order valence-corrected chi connectivity index (χ3v) is 3.19. The Morgan fingerprint density at radius 2 is 2.36 bits per heavy atom. The van der Waals surface area contributed by atoms with Crippen molar-refractivity contribution in [3.63, 3.8) is 0 Å². The van der Waals surface area contributed by atoms with E-state index >= 15 is 0 Å². The van der Waals surface area contributed by atoms with E-state index in [1.165, 1.54) is 0 Å². The molecule has 0 spiro atoms. The topological polar surface area (TPSA) is 26.3 Å². The van der Waals surface area contributed by atoms with Gasteiger partial charge in [0.15, 0.2) is 5.78 Å². The predicted molar refractivity (Wildman–Crippen MR) is 56.7 cm³/mol. The summed E-state index contributed by atoms with van der Waals surface area (Å²) in [6, 6.07) is 0. The number of carbonyl (C=O) groups is 1. The summed E-state index contributed by atoms with van der Waals surface area (Å²) in [5.74, 6) is 0.128. The van der Waals surface area contributed by atoms with Crippen LogP contribution in [0.3, 0.4) is 0 Å². The molecule has 1 aromatic rings. The number of rotatable bonds is 2. The lowest BCUT2D eigenvalue weighted by atomic mass is 10.00. The molecule has 2 rings (SSSR count). The van der Waals surface area contributed by atoms with Gasteiger partial charge in [-0.25, -0.2) is 0 Å². The maximum Gasteiger partial charge on any atom is 0.193 e. The third kappa shape index (κ3) is 1.73. The van der Waals surface area contributed by atoms with Crippen molar-refractivity contribution in [2.24, 2.45) is 0 Å². The molecule has 0 saturated carbocycles. The van der Waals surface area contributed by atoms with Gasteiger partial charge in [0, 0.05) is 16.5 Å². The van der Waals surface area contributed by atoms with Crippen molar-refractivity contribution in [3.8, 4) is 0 Å². The summed E-state index contributed by atoms with van der Waals surface area (Å²) in [6.45, 7) is 2.70. The van der Waals surface area contributed by atoms with Crippen LogP contribution in [0.15, 0.2) is 22.6 Å². The van der Waals surface area contributed by atoms with Gasteiger partial charge in [-0.1, -0.05) is 0 Å². The van der Waals surface area contributed by atoms with Crippen molar-refractivity contribution in [2.75, 3.05) is 6.61 Å². The SMILES string of the molecule is Cc1cscc1C(=O)C1=COCCC1. The fourth-order valence-electron chi connectivity index (χ4n) is 1.50. The number of carbonyl (C=O) groups excluding carboxylic acids is 1. The van der Waals surface area contributed by atoms with Crippen LogP contribution in [-0.4, -0.2) is 12.4 Å². The van der Waals surface area contributed by atoms with Crippen molar-refractivity contribution in [1.29, 1.82) is 0 Å². The summed E-state index contributed by atoms with van der Waals surface area (Å²) < 4.78 is 5.16. The number of hydrogen-bond acceptors (Lipinski definition) is 3. The highest BCUT2D eigenvalue weighted by atomic mass is 32.1. The predicted octanol–water partition coefficient (Wildman–Crippen LogP) is 2.93. The average Bonchev–Trinajstić information content (AvgIpc) is 2.65. The summed E-state index contributed by atoms with van der Waals surface area (Å²) >= 11 is 1.57. The highest BCUT2D eigenvalue weighted by Crippen LogP contribution is 2.21. The van der Waals surface area contributed by atoms with E-state index in [0.29, 0.717) is 0 Å². The summed E-state index contributed by atoms with van der Waals surface area (Å²) in [4.78, 5) is 11.9. The van der Waals surface area contributed by atoms with Crippen molar-refractivity contribution >= 4 is 17.1 Å². The van der Waals surface area contributed by atoms with E-state index in [2.05, 4.69) is 0 Å². The standard InChI is InChI=1S/C11H12O2S/c1-8-6-14-7-10(8)11(12)9-3-2-4-13-5-9/h5-7H,2-4H2,1H3. The molecule has 0 atom stereocenters. The number of ketones is 1. The van der Waals surface area contributed by atoms with Crippen LogP contribution in [0.25, 0.3) is 0 Å². The Bertz CT molecular complexity index is 376. The van der Waals surface area contributed by atoms with Gasteiger partial charge >= 0.3 is 0 Å². The third-order valence-electron chi connectivity index (χ3n) is 2.33. The van der Waals surface area contributed by atoms with E-state index in [1.54, 1.807) is 17.6 Å². The van der Waals surface area contributed by atoms with E-state index in [0.717, 1.165) is 36.1 Å². The Morgan fingerprint density at radius 3 is 2.93 bits per heavy atom. The average molecular weight is 208 g/mol. The summed E-state index contributed by atoms with van der Waals surface area (Å²) in [5, 5.41) is 3.91. The minimum atomic E-state index is 0.128. The number of aryl methyl sites for hydroxylation is 1. The molecule has 74 valence electrons. The quantitative estimate of drug-likeness (QED) is 0.698. The molecule has 0 aliphatic carbocycles. The van der Waals surface area contributed by atoms with Gasteiger partial charge in [0.1, 0.15) is 0 Å². The number of allylic oxidation sites excluding steroid dienone is 1. The van der Waals surface area contributed by atoms with E-state index in [-0.39, 0.29) is 5.78 Å². The first-order chi connectivity index (χ1) is 6.79. The fourth-order valence-corrected chi connectivity index (χ4v) is 2.33. The first-order valence-electron chi connectivity index (χ1n) is 4.67. The molecule has 0 N–H and O–H groups in total. The number of Topliss-reactive ketones (excluding diaryl/α,β-unsaturated/α-hetero) is 1. The van der Waals surface area contributed by atoms with E-state index in [1.807, 2.05) is 17.7 Å². The Morgan fingerprint density at radius 1 is 1.50 bits per heavy atom. The van der Waals surface area contributed by atoms with Crippen molar-refractivity contribution in [1.82, 2.24) is 0 Å². The number of thiophene rings is 1. The number of ether oxygens (including phenoxy) is 1. The van der Waals surface area contributed by atoms with Crippen molar-refractivity contribution in [3.05, 3.63) is 33.7 Å². The zero-order chi connectivity index (χ0) is 9.97. The van der Waals surface area contributed by atoms with Gasteiger partial charge in [0.05, 0.1) is 12.9 Å². The Labute approximate surface area is 87.2 Å². The van der Waals surface area contributed by atoms with Crippen molar-refractivity contribution in [2.45, 2.75) is 19.8 Å². The minimum absolute atomic E-state index is 0.128. The Kier molecular flexibility index (Phi) is 2.68. The molecule has 1 aromatic heterocycles. The fraction of sp³-hybridized carbons (Fsp3) is 0.364. The Hall–Kier alpha value is -1.09. The molecule has 0 aromatic carbocycles. The molecule has 1 aliphatic rings. The molecule has 0 radical (unpaired) electrons. The highest BCUT2D eigenvalue weighted by Gasteiger charge is 2.17. The Balaban J connectivity index is 2.23. The summed E-state index contributed by atoms with van der Waals surface area (Å²) in [7, 11) is 0. The molecule has 0 bridgehead atoms. The molecule has 0 saturated heterocycles. The van der Waals surface area contributed by atoms with Crippen LogP contribution in [0.1, 0.15) is 28.8 Å². The normalized spacial score (nSPS) is 15.9. The zero-order valence-corrected chi connectivity index (χ0v) is 8.89. The van der Waals surface area contributed by atoms with Gasteiger partial charge in [-0.3, -0.25) is 4.79 Å². The molecule has 2 heterocycles. The molecular formula is C11H12O2S. The molecule has 2 nitrogen and oxygen atoms in total. The van der Waals surface area contributed by atoms with Gasteiger partial charge in [0.2, 0.25) is 0 Å². The lowest BCUT2D eigenvalue weighted by Gasteiger charge is -2.12. The van der Waals surface area contributed by atoms with E-state index in [4.69, 9.17) is 4.74 Å². The van der Waals surface area contributed by atoms with Gasteiger partial charge < -0.3 is 4.74 Å². The lowest BCUT2D eigenvalue weighted by molar-refractivity contribution is 0.101. The molecule has 1 aliphatic heterocycles.